The lowest BCUT2D eigenvalue weighted by atomic mass is 10.2. The smallest absolute Gasteiger partial charge is 0.351 e. The maximum absolute atomic E-state index is 11.8. The number of nitrogens with one attached hydrogen (secondary N) is 1. The number of H-pyrrole nitrogens is 1. The van der Waals surface area contributed by atoms with Crippen molar-refractivity contribution < 1.29 is 34.0 Å². The quantitative estimate of drug-likeness (QED) is 0.306. The lowest BCUT2D eigenvalue weighted by Crippen LogP contribution is -2.48. The third-order valence-corrected chi connectivity index (χ3v) is 3.87. The first kappa shape index (κ1) is 17.0. The van der Waals surface area contributed by atoms with E-state index in [4.69, 9.17) is 25.0 Å². The molecule has 13 nitrogen and oxygen atoms in total. The normalized spacial score (nSPS) is 27.8. The Morgan fingerprint density at radius 1 is 1.54 bits per heavy atom. The fourth-order valence-corrected chi connectivity index (χ4v) is 2.72. The van der Waals surface area contributed by atoms with E-state index in [1.165, 1.54) is 0 Å². The van der Waals surface area contributed by atoms with E-state index in [-0.39, 0.29) is 23.7 Å². The molecule has 3 atom stereocenters. The van der Waals surface area contributed by atoms with Crippen molar-refractivity contribution in [1.82, 2.24) is 19.5 Å². The molecule has 0 spiro atoms. The van der Waals surface area contributed by atoms with E-state index in [2.05, 4.69) is 15.0 Å². The van der Waals surface area contributed by atoms with Crippen LogP contribution in [0.1, 0.15) is 0 Å². The highest BCUT2D eigenvalue weighted by Gasteiger charge is 2.54. The molecule has 3 rings (SSSR count). The maximum Gasteiger partial charge on any atom is 0.351 e. The molecule has 7 N–H and O–H groups in total. The van der Waals surface area contributed by atoms with E-state index in [9.17, 15) is 19.6 Å². The number of aliphatic hydroxyl groups excluding tert-OH is 2. The van der Waals surface area contributed by atoms with Gasteiger partial charge in [-0.2, -0.15) is 4.98 Å². The first-order valence-corrected chi connectivity index (χ1v) is 8.36. The van der Waals surface area contributed by atoms with Crippen LogP contribution in [0.15, 0.2) is 11.1 Å². The number of aliphatic hydroxyl groups is 2. The van der Waals surface area contributed by atoms with Crippen LogP contribution >= 0.6 is 7.60 Å². The van der Waals surface area contributed by atoms with Gasteiger partial charge in [-0.15, -0.1) is 0 Å². The molecular formula is C10H14N5O8P. The SMILES string of the molecule is Nc1nc2c(ncn2[C@]2(OCP(=O)(O)O)OC[C@@H](O)[C@H]2O)c(=O)[nH]1. The molecule has 3 heterocycles. The standard InChI is InChI=1S/C10H14N5O8P/c11-9-13-7-5(8(18)14-9)12-2-15(7)10(23-3-24(19,20)21)6(17)4(16)1-22-10/h2,4,6,16-17H,1,3H2,(H2,19,20,21)(H3,11,13,14,18)/t4-,6-,10+/m1/s1. The summed E-state index contributed by atoms with van der Waals surface area (Å²) in [6, 6.07) is 0. The van der Waals surface area contributed by atoms with Crippen molar-refractivity contribution in [3.8, 4) is 0 Å². The average Bonchev–Trinajstić information content (AvgIpc) is 3.01. The number of anilines is 1. The number of rotatable bonds is 4. The summed E-state index contributed by atoms with van der Waals surface area (Å²) in [5, 5.41) is 20.0. The molecule has 14 heteroatoms. The Bertz CT molecular complexity index is 876. The van der Waals surface area contributed by atoms with Crippen LogP contribution in [0.4, 0.5) is 5.95 Å². The largest absolute Gasteiger partial charge is 0.388 e. The molecule has 0 unspecified atom stereocenters. The molecule has 1 saturated heterocycles. The van der Waals surface area contributed by atoms with Crippen LogP contribution in [0.25, 0.3) is 11.2 Å². The van der Waals surface area contributed by atoms with Crippen molar-refractivity contribution in [2.75, 3.05) is 18.7 Å². The zero-order valence-corrected chi connectivity index (χ0v) is 12.8. The summed E-state index contributed by atoms with van der Waals surface area (Å²) >= 11 is 0. The summed E-state index contributed by atoms with van der Waals surface area (Å²) < 4.78 is 22.4. The van der Waals surface area contributed by atoms with Gasteiger partial charge in [-0.1, -0.05) is 0 Å². The van der Waals surface area contributed by atoms with Gasteiger partial charge < -0.3 is 35.2 Å². The summed E-state index contributed by atoms with van der Waals surface area (Å²) in [5.74, 6) is -2.49. The van der Waals surface area contributed by atoms with Crippen LogP contribution < -0.4 is 11.3 Å². The highest BCUT2D eigenvalue weighted by molar-refractivity contribution is 7.51. The Morgan fingerprint density at radius 2 is 2.25 bits per heavy atom. The number of hydrogen-bond acceptors (Lipinski definition) is 9. The lowest BCUT2D eigenvalue weighted by Gasteiger charge is -2.32. The number of ether oxygens (including phenoxy) is 2. The predicted molar refractivity (Wildman–Crippen MR) is 76.5 cm³/mol. The van der Waals surface area contributed by atoms with Gasteiger partial charge in [-0.3, -0.25) is 18.9 Å². The highest BCUT2D eigenvalue weighted by atomic mass is 31.2. The molecule has 2 aromatic heterocycles. The molecule has 0 aromatic carbocycles. The number of fused-ring (bicyclic) bond motifs is 1. The fraction of sp³-hybridized carbons (Fsp3) is 0.500. The molecule has 1 fully saturated rings. The minimum absolute atomic E-state index is 0.157. The number of aromatic amines is 1. The summed E-state index contributed by atoms with van der Waals surface area (Å²) in [7, 11) is -4.63. The van der Waals surface area contributed by atoms with E-state index in [1.54, 1.807) is 0 Å². The Hall–Kier alpha value is -1.86. The van der Waals surface area contributed by atoms with E-state index < -0.39 is 37.6 Å². The second-order valence-electron chi connectivity index (χ2n) is 5.13. The third kappa shape index (κ3) is 2.71. The number of nitrogens with zero attached hydrogens (tertiary/aromatic N) is 3. The van der Waals surface area contributed by atoms with Gasteiger partial charge in [0.25, 0.3) is 11.5 Å². The molecule has 2 aromatic rings. The molecule has 0 amide bonds. The first-order chi connectivity index (χ1) is 11.1. The van der Waals surface area contributed by atoms with Crippen LogP contribution in [-0.4, -0.2) is 64.7 Å². The summed E-state index contributed by atoms with van der Waals surface area (Å²) in [6.45, 7) is -0.388. The molecule has 0 bridgehead atoms. The lowest BCUT2D eigenvalue weighted by molar-refractivity contribution is -0.296. The zero-order chi connectivity index (χ0) is 17.7. The Morgan fingerprint density at radius 3 is 2.83 bits per heavy atom. The highest BCUT2D eigenvalue weighted by Crippen LogP contribution is 2.41. The molecule has 0 saturated carbocycles. The number of aromatic nitrogens is 4. The number of hydrogen-bond donors (Lipinski definition) is 6. The van der Waals surface area contributed by atoms with E-state index in [0.29, 0.717) is 0 Å². The molecular weight excluding hydrogens is 349 g/mol. The average molecular weight is 363 g/mol. The number of nitrogen functional groups attached to an aromatic ring is 1. The van der Waals surface area contributed by atoms with Crippen molar-refractivity contribution in [1.29, 1.82) is 0 Å². The molecule has 0 radical (unpaired) electrons. The first-order valence-electron chi connectivity index (χ1n) is 6.56. The van der Waals surface area contributed by atoms with Gasteiger partial charge in [0, 0.05) is 0 Å². The Labute approximate surface area is 132 Å². The van der Waals surface area contributed by atoms with Crippen LogP contribution in [0.2, 0.25) is 0 Å². The number of nitrogens with two attached hydrogens (primary N) is 1. The summed E-state index contributed by atoms with van der Waals surface area (Å²) in [4.78, 5) is 39.8. The minimum atomic E-state index is -4.63. The van der Waals surface area contributed by atoms with Crippen molar-refractivity contribution in [3.05, 3.63) is 16.7 Å². The van der Waals surface area contributed by atoms with Crippen LogP contribution in [0, 0.1) is 0 Å². The van der Waals surface area contributed by atoms with Crippen molar-refractivity contribution >= 4 is 24.7 Å². The summed E-state index contributed by atoms with van der Waals surface area (Å²) in [5.41, 5.74) is 4.48. The van der Waals surface area contributed by atoms with Gasteiger partial charge in [-0.05, 0) is 0 Å². The Kier molecular flexibility index (Phi) is 3.96. The summed E-state index contributed by atoms with van der Waals surface area (Å²) in [6.07, 6.45) is -3.23. The third-order valence-electron chi connectivity index (χ3n) is 3.40. The Balaban J connectivity index is 2.17. The van der Waals surface area contributed by atoms with Crippen molar-refractivity contribution in [2.24, 2.45) is 0 Å². The van der Waals surface area contributed by atoms with Crippen LogP contribution in [-0.2, 0) is 19.9 Å². The van der Waals surface area contributed by atoms with Crippen LogP contribution in [0.5, 0.6) is 0 Å². The predicted octanol–water partition coefficient (Wildman–Crippen LogP) is -2.78. The molecule has 24 heavy (non-hydrogen) atoms. The van der Waals surface area contributed by atoms with Gasteiger partial charge >= 0.3 is 7.60 Å². The van der Waals surface area contributed by atoms with Crippen LogP contribution in [0.3, 0.4) is 0 Å². The second-order valence-corrected chi connectivity index (χ2v) is 6.72. The molecule has 0 aliphatic carbocycles. The van der Waals surface area contributed by atoms with Gasteiger partial charge in [0.15, 0.2) is 23.6 Å². The molecule has 132 valence electrons. The number of imidazole rings is 1. The monoisotopic (exact) mass is 363 g/mol. The minimum Gasteiger partial charge on any atom is -0.388 e. The van der Waals surface area contributed by atoms with Gasteiger partial charge in [0.2, 0.25) is 5.95 Å². The van der Waals surface area contributed by atoms with Gasteiger partial charge in [0.05, 0.1) is 6.61 Å². The van der Waals surface area contributed by atoms with Gasteiger partial charge in [-0.25, -0.2) is 4.98 Å². The molecule has 1 aliphatic heterocycles. The fourth-order valence-electron chi connectivity index (χ4n) is 2.36. The van der Waals surface area contributed by atoms with E-state index in [0.717, 1.165) is 10.9 Å². The zero-order valence-electron chi connectivity index (χ0n) is 11.9. The van der Waals surface area contributed by atoms with Crippen molar-refractivity contribution in [2.45, 2.75) is 18.1 Å². The molecule has 1 aliphatic rings. The maximum atomic E-state index is 11.8. The second kappa shape index (κ2) is 5.60. The topological polar surface area (TPSA) is 206 Å². The van der Waals surface area contributed by atoms with E-state index in [1.807, 2.05) is 0 Å². The van der Waals surface area contributed by atoms with Gasteiger partial charge in [0.1, 0.15) is 12.4 Å². The van der Waals surface area contributed by atoms with E-state index >= 15 is 0 Å². The van der Waals surface area contributed by atoms with Crippen molar-refractivity contribution in [3.63, 3.8) is 0 Å².